The number of ether oxygens (including phenoxy) is 3. The molecule has 1 amide bonds. The van der Waals surface area contributed by atoms with E-state index in [0.29, 0.717) is 41.7 Å². The lowest BCUT2D eigenvalue weighted by molar-refractivity contribution is -0.134. The van der Waals surface area contributed by atoms with Crippen LogP contribution >= 0.6 is 0 Å². The third-order valence-electron chi connectivity index (χ3n) is 6.79. The molecule has 6 rings (SSSR count). The van der Waals surface area contributed by atoms with E-state index in [-0.39, 0.29) is 12.0 Å². The highest BCUT2D eigenvalue weighted by Crippen LogP contribution is 2.39. The van der Waals surface area contributed by atoms with E-state index in [1.54, 1.807) is 25.4 Å². The summed E-state index contributed by atoms with van der Waals surface area (Å²) in [6.45, 7) is 4.50. The molecule has 1 N–H and O–H groups in total. The van der Waals surface area contributed by atoms with Crippen molar-refractivity contribution in [3.8, 4) is 28.4 Å². The molecular weight excluding hydrogens is 496 g/mol. The fourth-order valence-electron chi connectivity index (χ4n) is 4.72. The van der Waals surface area contributed by atoms with Crippen LogP contribution in [0.15, 0.2) is 84.3 Å². The smallest absolute Gasteiger partial charge is 0.246 e. The van der Waals surface area contributed by atoms with Crippen molar-refractivity contribution in [2.45, 2.75) is 6.10 Å². The first-order valence-corrected chi connectivity index (χ1v) is 12.4. The molecule has 0 bridgehead atoms. The number of aromatic nitrogens is 2. The van der Waals surface area contributed by atoms with Crippen LogP contribution in [0.3, 0.4) is 0 Å². The fraction of sp³-hybridized carbons (Fsp3) is 0.167. The number of anilines is 2. The highest BCUT2D eigenvalue weighted by Gasteiger charge is 2.31. The van der Waals surface area contributed by atoms with Crippen LogP contribution in [0.5, 0.6) is 17.2 Å². The number of methoxy groups -OCH3 is 2. The average molecular weight is 523 g/mol. The molecule has 0 atom stereocenters. The molecule has 196 valence electrons. The molecule has 2 aromatic heterocycles. The van der Waals surface area contributed by atoms with Gasteiger partial charge in [0.25, 0.3) is 0 Å². The highest BCUT2D eigenvalue weighted by atomic mass is 16.5. The highest BCUT2D eigenvalue weighted by molar-refractivity contribution is 5.96. The number of fused-ring (bicyclic) bond motifs is 2. The molecular formula is C30H26N4O5. The summed E-state index contributed by atoms with van der Waals surface area (Å²) in [4.78, 5) is 22.4. The second kappa shape index (κ2) is 10.0. The molecule has 0 spiro atoms. The number of carbonyl (C=O) groups excluding carboxylic acids is 1. The maximum atomic E-state index is 11.8. The summed E-state index contributed by atoms with van der Waals surface area (Å²) in [7, 11) is 3.21. The molecule has 1 aliphatic heterocycles. The molecule has 9 nitrogen and oxygen atoms in total. The zero-order chi connectivity index (χ0) is 26.9. The summed E-state index contributed by atoms with van der Waals surface area (Å²) in [6, 6.07) is 17.5. The van der Waals surface area contributed by atoms with Crippen molar-refractivity contribution in [2.24, 2.45) is 0 Å². The van der Waals surface area contributed by atoms with Gasteiger partial charge >= 0.3 is 0 Å². The van der Waals surface area contributed by atoms with Crippen LogP contribution in [0, 0.1) is 0 Å². The molecule has 9 heteroatoms. The van der Waals surface area contributed by atoms with Crippen molar-refractivity contribution in [1.29, 1.82) is 0 Å². The van der Waals surface area contributed by atoms with Crippen LogP contribution in [-0.4, -0.2) is 54.2 Å². The third-order valence-corrected chi connectivity index (χ3v) is 6.79. The Morgan fingerprint density at radius 2 is 1.85 bits per heavy atom. The average Bonchev–Trinajstić information content (AvgIpc) is 3.38. The summed E-state index contributed by atoms with van der Waals surface area (Å²) in [6.07, 6.45) is 4.41. The number of hydrogen-bond acceptors (Lipinski definition) is 8. The fourth-order valence-corrected chi connectivity index (χ4v) is 4.72. The largest absolute Gasteiger partial charge is 0.495 e. The van der Waals surface area contributed by atoms with E-state index < -0.39 is 0 Å². The van der Waals surface area contributed by atoms with E-state index >= 15 is 0 Å². The molecule has 5 aromatic rings. The lowest BCUT2D eigenvalue weighted by atomic mass is 10.0. The Labute approximate surface area is 224 Å². The minimum absolute atomic E-state index is 0.111. The van der Waals surface area contributed by atoms with Gasteiger partial charge < -0.3 is 28.8 Å². The molecule has 3 aromatic carbocycles. The minimum atomic E-state index is -0.150. The monoisotopic (exact) mass is 522 g/mol. The number of carbonyl (C=O) groups is 1. The SMILES string of the molecule is C=CC(=O)N1CC(Oc2cc3c(Nc4cc(-c5coc6ccccc56)ccc4OC)ncnc3cc2OC)C1. The zero-order valence-corrected chi connectivity index (χ0v) is 21.5. The van der Waals surface area contributed by atoms with Gasteiger partial charge in [-0.3, -0.25) is 4.79 Å². The van der Waals surface area contributed by atoms with Gasteiger partial charge in [0.1, 0.15) is 29.6 Å². The number of furan rings is 1. The van der Waals surface area contributed by atoms with Crippen LogP contribution in [0.1, 0.15) is 0 Å². The van der Waals surface area contributed by atoms with Gasteiger partial charge in [-0.25, -0.2) is 9.97 Å². The van der Waals surface area contributed by atoms with Crippen molar-refractivity contribution in [3.05, 3.63) is 79.8 Å². The summed E-state index contributed by atoms with van der Waals surface area (Å²) in [5.41, 5.74) is 4.19. The Kier molecular flexibility index (Phi) is 6.24. The van der Waals surface area contributed by atoms with Crippen molar-refractivity contribution >= 4 is 39.3 Å². The van der Waals surface area contributed by atoms with Gasteiger partial charge in [0.2, 0.25) is 5.91 Å². The summed E-state index contributed by atoms with van der Waals surface area (Å²) in [5.74, 6) is 2.22. The molecule has 1 saturated heterocycles. The van der Waals surface area contributed by atoms with E-state index in [2.05, 4.69) is 21.9 Å². The number of benzene rings is 3. The molecule has 0 saturated carbocycles. The van der Waals surface area contributed by atoms with Gasteiger partial charge in [0.05, 0.1) is 44.8 Å². The van der Waals surface area contributed by atoms with Gasteiger partial charge in [-0.05, 0) is 35.9 Å². The molecule has 1 fully saturated rings. The van der Waals surface area contributed by atoms with Crippen LogP contribution in [0.4, 0.5) is 11.5 Å². The van der Waals surface area contributed by atoms with E-state index in [1.807, 2.05) is 54.6 Å². The standard InChI is InChI=1S/C30H26N4O5/c1-4-29(35)34-14-19(15-34)39-28-12-21-23(13-27(28)37-3)31-17-32-30(21)33-24-11-18(9-10-26(24)36-2)22-16-38-25-8-6-5-7-20(22)25/h4-13,16-17,19H,1,14-15H2,2-3H3,(H,31,32,33). The molecule has 1 aliphatic rings. The maximum Gasteiger partial charge on any atom is 0.246 e. The molecule has 0 radical (unpaired) electrons. The van der Waals surface area contributed by atoms with Crippen molar-refractivity contribution < 1.29 is 23.4 Å². The molecule has 0 unspecified atom stereocenters. The Balaban J connectivity index is 1.35. The van der Waals surface area contributed by atoms with Crippen molar-refractivity contribution in [2.75, 3.05) is 32.6 Å². The van der Waals surface area contributed by atoms with E-state index in [9.17, 15) is 4.79 Å². The topological polar surface area (TPSA) is 99.0 Å². The molecule has 0 aliphatic carbocycles. The first-order valence-electron chi connectivity index (χ1n) is 12.4. The van der Waals surface area contributed by atoms with Gasteiger partial charge in [-0.2, -0.15) is 0 Å². The Bertz CT molecular complexity index is 1710. The number of nitrogens with zero attached hydrogens (tertiary/aromatic N) is 3. The number of amides is 1. The summed E-state index contributed by atoms with van der Waals surface area (Å²) in [5, 5.41) is 5.20. The normalized spacial score (nSPS) is 13.2. The number of hydrogen-bond donors (Lipinski definition) is 1. The van der Waals surface area contributed by atoms with Gasteiger partial charge in [0, 0.05) is 22.4 Å². The number of likely N-dealkylation sites (tertiary alicyclic amines) is 1. The maximum absolute atomic E-state index is 11.8. The van der Waals surface area contributed by atoms with Gasteiger partial charge in [-0.15, -0.1) is 0 Å². The first-order chi connectivity index (χ1) is 19.1. The summed E-state index contributed by atoms with van der Waals surface area (Å²) >= 11 is 0. The van der Waals surface area contributed by atoms with E-state index in [4.69, 9.17) is 18.6 Å². The predicted octanol–water partition coefficient (Wildman–Crippen LogP) is 5.58. The summed E-state index contributed by atoms with van der Waals surface area (Å²) < 4.78 is 23.2. The molecule has 3 heterocycles. The van der Waals surface area contributed by atoms with E-state index in [0.717, 1.165) is 33.2 Å². The van der Waals surface area contributed by atoms with Crippen LogP contribution in [0.2, 0.25) is 0 Å². The lowest BCUT2D eigenvalue weighted by Gasteiger charge is -2.38. The lowest BCUT2D eigenvalue weighted by Crippen LogP contribution is -2.55. The Morgan fingerprint density at radius 1 is 1.03 bits per heavy atom. The van der Waals surface area contributed by atoms with Gasteiger partial charge in [-0.1, -0.05) is 30.8 Å². The quantitative estimate of drug-likeness (QED) is 0.264. The van der Waals surface area contributed by atoms with Crippen molar-refractivity contribution in [3.63, 3.8) is 0 Å². The van der Waals surface area contributed by atoms with Gasteiger partial charge in [0.15, 0.2) is 11.5 Å². The zero-order valence-electron chi connectivity index (χ0n) is 21.5. The second-order valence-electron chi connectivity index (χ2n) is 9.12. The predicted molar refractivity (Wildman–Crippen MR) is 149 cm³/mol. The second-order valence-corrected chi connectivity index (χ2v) is 9.12. The minimum Gasteiger partial charge on any atom is -0.495 e. The van der Waals surface area contributed by atoms with Crippen molar-refractivity contribution in [1.82, 2.24) is 14.9 Å². The Hall–Kier alpha value is -5.05. The van der Waals surface area contributed by atoms with Crippen LogP contribution < -0.4 is 19.5 Å². The first kappa shape index (κ1) is 24.3. The van der Waals surface area contributed by atoms with Crippen LogP contribution in [0.25, 0.3) is 33.0 Å². The van der Waals surface area contributed by atoms with Crippen LogP contribution in [-0.2, 0) is 4.79 Å². The van der Waals surface area contributed by atoms with E-state index in [1.165, 1.54) is 12.4 Å². The number of para-hydroxylation sites is 1. The Morgan fingerprint density at radius 3 is 2.64 bits per heavy atom. The molecule has 39 heavy (non-hydrogen) atoms. The number of rotatable bonds is 8. The third kappa shape index (κ3) is 4.48. The number of nitrogens with one attached hydrogen (secondary N) is 1.